The van der Waals surface area contributed by atoms with Crippen molar-refractivity contribution in [3.05, 3.63) is 100 Å². The van der Waals surface area contributed by atoms with Gasteiger partial charge in [-0.25, -0.2) is 4.79 Å². The zero-order valence-corrected chi connectivity index (χ0v) is 25.3. The molecule has 0 spiro atoms. The van der Waals surface area contributed by atoms with E-state index in [9.17, 15) is 29.2 Å². The molecule has 0 fully saturated rings. The highest BCUT2D eigenvalue weighted by Gasteiger charge is 2.36. The van der Waals surface area contributed by atoms with Crippen LogP contribution in [0, 0.1) is 11.3 Å². The quantitative estimate of drug-likeness (QED) is 0.237. The van der Waals surface area contributed by atoms with Gasteiger partial charge in [-0.1, -0.05) is 60.7 Å². The number of carboxylic acid groups (broad SMARTS) is 1. The molecule has 4 amide bonds. The van der Waals surface area contributed by atoms with Crippen molar-refractivity contribution in [1.29, 1.82) is 5.26 Å². The molecular formula is C35H35N5O6. The maximum atomic E-state index is 13.9. The Labute approximate surface area is 266 Å². The molecule has 46 heavy (non-hydrogen) atoms. The molecule has 1 aliphatic carbocycles. The third-order valence-corrected chi connectivity index (χ3v) is 8.53. The molecule has 3 aromatic rings. The van der Waals surface area contributed by atoms with E-state index in [0.29, 0.717) is 16.8 Å². The Hall–Kier alpha value is -5.50. The van der Waals surface area contributed by atoms with Crippen LogP contribution >= 0.6 is 0 Å². The number of ketones is 1. The molecular weight excluding hydrogens is 586 g/mol. The maximum absolute atomic E-state index is 13.9. The van der Waals surface area contributed by atoms with Crippen LogP contribution in [0.25, 0.3) is 0 Å². The summed E-state index contributed by atoms with van der Waals surface area (Å²) in [6.45, 7) is 0.0332. The fourth-order valence-electron chi connectivity index (χ4n) is 6.13. The van der Waals surface area contributed by atoms with Crippen LogP contribution in [0.15, 0.2) is 66.7 Å². The van der Waals surface area contributed by atoms with Gasteiger partial charge < -0.3 is 26.0 Å². The molecule has 4 N–H and O–H groups in total. The normalized spacial score (nSPS) is 15.5. The molecule has 0 saturated carbocycles. The Bertz CT molecular complexity index is 1700. The first kappa shape index (κ1) is 31.9. The van der Waals surface area contributed by atoms with Crippen molar-refractivity contribution in [2.24, 2.45) is 0 Å². The third-order valence-electron chi connectivity index (χ3n) is 8.53. The van der Waals surface area contributed by atoms with Crippen LogP contribution in [0.5, 0.6) is 0 Å². The van der Waals surface area contributed by atoms with E-state index >= 15 is 0 Å². The van der Waals surface area contributed by atoms with Crippen LogP contribution in [0.3, 0.4) is 0 Å². The second-order valence-corrected chi connectivity index (χ2v) is 11.5. The van der Waals surface area contributed by atoms with Crippen LogP contribution in [0.1, 0.15) is 63.9 Å². The first-order valence-electron chi connectivity index (χ1n) is 15.3. The SMILES string of the molecule is N#Cc1c(NC(=O)[C@H](CCNC(=O)O)NC(=O)[C@@H]2Cc3ccccc3CN2C(=O)CCC(=O)c2ccccc2)ccc2c1CCC2. The molecule has 0 bridgehead atoms. The number of nitriles is 1. The lowest BCUT2D eigenvalue weighted by Gasteiger charge is -2.37. The van der Waals surface area contributed by atoms with Gasteiger partial charge in [-0.15, -0.1) is 0 Å². The number of carbonyl (C=O) groups is 5. The van der Waals surface area contributed by atoms with Gasteiger partial charge in [0.2, 0.25) is 17.7 Å². The molecule has 0 unspecified atom stereocenters. The highest BCUT2D eigenvalue weighted by Crippen LogP contribution is 2.30. The van der Waals surface area contributed by atoms with Gasteiger partial charge >= 0.3 is 6.09 Å². The minimum atomic E-state index is -1.28. The van der Waals surface area contributed by atoms with Crippen LogP contribution in [-0.4, -0.2) is 58.2 Å². The van der Waals surface area contributed by atoms with Crippen molar-refractivity contribution in [1.82, 2.24) is 15.5 Å². The standard InChI is InChI=1S/C35H35N5O6/c36-20-27-26-12-6-11-22(26)13-14-28(27)38-33(43)29(17-18-37-35(45)46)39-34(44)30-19-24-9-4-5-10-25(24)21-40(30)32(42)16-15-31(41)23-7-2-1-3-8-23/h1-5,7-10,13-14,29-30,37H,6,11-12,15-19,21H2,(H,38,43)(H,39,44)(H,45,46)/t29-,30-/m0/s1. The predicted octanol–water partition coefficient (Wildman–Crippen LogP) is 3.74. The van der Waals surface area contributed by atoms with Crippen molar-refractivity contribution in [3.8, 4) is 6.07 Å². The van der Waals surface area contributed by atoms with E-state index in [1.165, 1.54) is 4.90 Å². The number of fused-ring (bicyclic) bond motifs is 2. The minimum absolute atomic E-state index is 0.0246. The molecule has 1 aliphatic heterocycles. The van der Waals surface area contributed by atoms with Crippen LogP contribution in [-0.2, 0) is 40.2 Å². The maximum Gasteiger partial charge on any atom is 0.404 e. The van der Waals surface area contributed by atoms with E-state index < -0.39 is 30.0 Å². The van der Waals surface area contributed by atoms with Gasteiger partial charge in [0.1, 0.15) is 18.2 Å². The van der Waals surface area contributed by atoms with Gasteiger partial charge in [0.15, 0.2) is 5.78 Å². The lowest BCUT2D eigenvalue weighted by molar-refractivity contribution is -0.142. The predicted molar refractivity (Wildman–Crippen MR) is 169 cm³/mol. The first-order valence-corrected chi connectivity index (χ1v) is 15.3. The molecule has 0 radical (unpaired) electrons. The summed E-state index contributed by atoms with van der Waals surface area (Å²) in [5.41, 5.74) is 4.94. The average molecular weight is 622 g/mol. The van der Waals surface area contributed by atoms with Crippen LogP contribution < -0.4 is 16.0 Å². The Morgan fingerprint density at radius 3 is 2.39 bits per heavy atom. The Balaban J connectivity index is 1.34. The Morgan fingerprint density at radius 1 is 0.913 bits per heavy atom. The van der Waals surface area contributed by atoms with E-state index in [1.54, 1.807) is 36.4 Å². The number of anilines is 1. The van der Waals surface area contributed by atoms with Crippen molar-refractivity contribution < 1.29 is 29.1 Å². The molecule has 2 atom stereocenters. The van der Waals surface area contributed by atoms with E-state index in [4.69, 9.17) is 5.11 Å². The largest absolute Gasteiger partial charge is 0.465 e. The van der Waals surface area contributed by atoms with Gasteiger partial charge in [-0.05, 0) is 54.0 Å². The second-order valence-electron chi connectivity index (χ2n) is 11.5. The molecule has 11 heteroatoms. The summed E-state index contributed by atoms with van der Waals surface area (Å²) in [5, 5.41) is 26.7. The number of carbonyl (C=O) groups excluding carboxylic acids is 4. The highest BCUT2D eigenvalue weighted by molar-refractivity contribution is 6.00. The number of nitrogens with one attached hydrogen (secondary N) is 3. The number of amides is 4. The van der Waals surface area contributed by atoms with Gasteiger partial charge in [-0.3, -0.25) is 19.2 Å². The molecule has 2 aliphatic rings. The van der Waals surface area contributed by atoms with Gasteiger partial charge in [0.25, 0.3) is 0 Å². The molecule has 3 aromatic carbocycles. The summed E-state index contributed by atoms with van der Waals surface area (Å²) in [6, 6.07) is 19.7. The number of hydrogen-bond donors (Lipinski definition) is 4. The fourth-order valence-corrected chi connectivity index (χ4v) is 6.13. The molecule has 0 saturated heterocycles. The monoisotopic (exact) mass is 621 g/mol. The van der Waals surface area contributed by atoms with Crippen molar-refractivity contribution in [2.45, 2.75) is 63.6 Å². The lowest BCUT2D eigenvalue weighted by Crippen LogP contribution is -2.56. The number of aryl methyl sites for hydroxylation is 1. The summed E-state index contributed by atoms with van der Waals surface area (Å²) >= 11 is 0. The number of nitrogens with zero attached hydrogens (tertiary/aromatic N) is 2. The van der Waals surface area contributed by atoms with E-state index in [1.807, 2.05) is 30.3 Å². The zero-order valence-electron chi connectivity index (χ0n) is 25.3. The minimum Gasteiger partial charge on any atom is -0.465 e. The Kier molecular flexibility index (Phi) is 10.1. The smallest absolute Gasteiger partial charge is 0.404 e. The lowest BCUT2D eigenvalue weighted by atomic mass is 9.92. The molecule has 5 rings (SSSR count). The zero-order chi connectivity index (χ0) is 32.6. The van der Waals surface area contributed by atoms with Crippen LogP contribution in [0.4, 0.5) is 10.5 Å². The van der Waals surface area contributed by atoms with E-state index in [-0.39, 0.29) is 50.5 Å². The van der Waals surface area contributed by atoms with Crippen LogP contribution in [0.2, 0.25) is 0 Å². The molecule has 0 aromatic heterocycles. The molecule has 11 nitrogen and oxygen atoms in total. The third kappa shape index (κ3) is 7.41. The summed E-state index contributed by atoms with van der Waals surface area (Å²) in [5.74, 6) is -1.75. The summed E-state index contributed by atoms with van der Waals surface area (Å²) in [7, 11) is 0. The second kappa shape index (κ2) is 14.5. The van der Waals surface area contributed by atoms with E-state index in [0.717, 1.165) is 41.5 Å². The average Bonchev–Trinajstić information content (AvgIpc) is 3.55. The van der Waals surface area contributed by atoms with Crippen molar-refractivity contribution in [3.63, 3.8) is 0 Å². The topological polar surface area (TPSA) is 169 Å². The fraction of sp³-hybridized carbons (Fsp3) is 0.314. The first-order chi connectivity index (χ1) is 22.2. The van der Waals surface area contributed by atoms with Crippen molar-refractivity contribution in [2.75, 3.05) is 11.9 Å². The molecule has 236 valence electrons. The van der Waals surface area contributed by atoms with Gasteiger partial charge in [0.05, 0.1) is 11.3 Å². The summed E-state index contributed by atoms with van der Waals surface area (Å²) < 4.78 is 0. The molecule has 1 heterocycles. The number of hydrogen-bond acceptors (Lipinski definition) is 6. The Morgan fingerprint density at radius 2 is 1.65 bits per heavy atom. The van der Waals surface area contributed by atoms with Crippen molar-refractivity contribution >= 4 is 35.3 Å². The summed E-state index contributed by atoms with van der Waals surface area (Å²) in [6.07, 6.45) is 1.24. The summed E-state index contributed by atoms with van der Waals surface area (Å²) in [4.78, 5) is 66.3. The number of rotatable bonds is 11. The highest BCUT2D eigenvalue weighted by atomic mass is 16.4. The number of benzene rings is 3. The number of Topliss-reactive ketones (excluding diaryl/α,β-unsaturated/α-hetero) is 1. The van der Waals surface area contributed by atoms with Gasteiger partial charge in [0, 0.05) is 37.9 Å². The van der Waals surface area contributed by atoms with Gasteiger partial charge in [-0.2, -0.15) is 5.26 Å². The van der Waals surface area contributed by atoms with E-state index in [2.05, 4.69) is 22.0 Å².